The van der Waals surface area contributed by atoms with Gasteiger partial charge < -0.3 is 13.8 Å². The summed E-state index contributed by atoms with van der Waals surface area (Å²) >= 11 is 0. The Morgan fingerprint density at radius 2 is 1.59 bits per heavy atom. The number of hydrogen-bond acceptors (Lipinski definition) is 8. The summed E-state index contributed by atoms with van der Waals surface area (Å²) in [5.74, 6) is -0.979. The standard InChI is InChI=1S/C25H19NO7S/c1-16-3-13-21(14-4-16)34(29,30)33-20-11-5-17(6-12-20)15-22-23(26-32-25(22)28)18-7-9-19(10-8-18)24(27)31-2/h3-15H,1-2H3/b22-15-. The number of rotatable bonds is 6. The number of carbonyl (C=O) groups excluding carboxylic acids is 2. The van der Waals surface area contributed by atoms with Gasteiger partial charge in [0.15, 0.2) is 0 Å². The van der Waals surface area contributed by atoms with Gasteiger partial charge in [0.1, 0.15) is 16.4 Å². The number of nitrogens with zero attached hydrogens (tertiary/aromatic N) is 1. The second-order valence-electron chi connectivity index (χ2n) is 7.37. The van der Waals surface area contributed by atoms with Crippen molar-refractivity contribution in [2.75, 3.05) is 7.11 Å². The zero-order valence-electron chi connectivity index (χ0n) is 18.2. The maximum atomic E-state index is 12.5. The molecule has 3 aromatic rings. The van der Waals surface area contributed by atoms with E-state index in [1.165, 1.54) is 31.4 Å². The Labute approximate surface area is 196 Å². The molecule has 1 aliphatic rings. The summed E-state index contributed by atoms with van der Waals surface area (Å²) in [5, 5.41) is 3.84. The highest BCUT2D eigenvalue weighted by Gasteiger charge is 2.27. The Bertz CT molecular complexity index is 1400. The number of methoxy groups -OCH3 is 1. The zero-order chi connectivity index (χ0) is 24.3. The first-order valence-corrected chi connectivity index (χ1v) is 11.5. The molecule has 8 nitrogen and oxygen atoms in total. The zero-order valence-corrected chi connectivity index (χ0v) is 19.0. The number of ether oxygens (including phenoxy) is 1. The van der Waals surface area contributed by atoms with Gasteiger partial charge in [-0.3, -0.25) is 0 Å². The van der Waals surface area contributed by atoms with Gasteiger partial charge in [-0.05, 0) is 55.0 Å². The van der Waals surface area contributed by atoms with Crippen LogP contribution in [0.3, 0.4) is 0 Å². The van der Waals surface area contributed by atoms with Crippen LogP contribution in [-0.4, -0.2) is 33.2 Å². The molecule has 0 fully saturated rings. The Kier molecular flexibility index (Phi) is 6.29. The van der Waals surface area contributed by atoms with Gasteiger partial charge in [0.05, 0.1) is 18.2 Å². The van der Waals surface area contributed by atoms with Crippen molar-refractivity contribution in [2.45, 2.75) is 11.8 Å². The van der Waals surface area contributed by atoms with E-state index in [0.29, 0.717) is 22.4 Å². The molecule has 0 spiro atoms. The SMILES string of the molecule is COC(=O)c1ccc(C2=NOC(=O)/C2=C\c2ccc(OS(=O)(=O)c3ccc(C)cc3)cc2)cc1. The molecule has 9 heteroatoms. The van der Waals surface area contributed by atoms with Crippen LogP contribution in [0.5, 0.6) is 5.75 Å². The molecular weight excluding hydrogens is 458 g/mol. The minimum atomic E-state index is -3.97. The van der Waals surface area contributed by atoms with Crippen LogP contribution in [0, 0.1) is 6.92 Å². The number of aryl methyl sites for hydroxylation is 1. The Hall–Kier alpha value is -4.24. The van der Waals surface area contributed by atoms with E-state index < -0.39 is 22.1 Å². The summed E-state index contributed by atoms with van der Waals surface area (Å²) in [4.78, 5) is 28.7. The van der Waals surface area contributed by atoms with E-state index in [1.54, 1.807) is 54.6 Å². The van der Waals surface area contributed by atoms with Crippen LogP contribution in [0.2, 0.25) is 0 Å². The first kappa shape index (κ1) is 22.9. The molecule has 172 valence electrons. The van der Waals surface area contributed by atoms with Crippen LogP contribution >= 0.6 is 0 Å². The van der Waals surface area contributed by atoms with E-state index in [9.17, 15) is 18.0 Å². The van der Waals surface area contributed by atoms with Crippen LogP contribution in [0.4, 0.5) is 0 Å². The number of oxime groups is 1. The van der Waals surface area contributed by atoms with Crippen molar-refractivity contribution >= 4 is 33.8 Å². The maximum Gasteiger partial charge on any atom is 0.368 e. The summed E-state index contributed by atoms with van der Waals surface area (Å²) in [7, 11) is -2.68. The molecule has 0 N–H and O–H groups in total. The van der Waals surface area contributed by atoms with Gasteiger partial charge in [-0.2, -0.15) is 8.42 Å². The van der Waals surface area contributed by atoms with Gasteiger partial charge in [-0.15, -0.1) is 0 Å². The summed E-state index contributed by atoms with van der Waals surface area (Å²) in [6.45, 7) is 1.86. The molecule has 34 heavy (non-hydrogen) atoms. The average Bonchev–Trinajstić information content (AvgIpc) is 3.20. The summed E-state index contributed by atoms with van der Waals surface area (Å²) in [5.41, 5.74) is 3.00. The summed E-state index contributed by atoms with van der Waals surface area (Å²) < 4.78 is 34.8. The molecule has 0 saturated heterocycles. The summed E-state index contributed by atoms with van der Waals surface area (Å²) in [6.07, 6.45) is 1.57. The van der Waals surface area contributed by atoms with Crippen molar-refractivity contribution in [3.8, 4) is 5.75 Å². The van der Waals surface area contributed by atoms with E-state index in [4.69, 9.17) is 9.02 Å². The highest BCUT2D eigenvalue weighted by Crippen LogP contribution is 2.24. The fraction of sp³-hybridized carbons (Fsp3) is 0.0800. The van der Waals surface area contributed by atoms with Crippen molar-refractivity contribution in [1.82, 2.24) is 0 Å². The molecule has 3 aromatic carbocycles. The average molecular weight is 477 g/mol. The minimum Gasteiger partial charge on any atom is -0.465 e. The Morgan fingerprint density at radius 1 is 0.941 bits per heavy atom. The predicted molar refractivity (Wildman–Crippen MR) is 124 cm³/mol. The van der Waals surface area contributed by atoms with E-state index >= 15 is 0 Å². The van der Waals surface area contributed by atoms with Crippen LogP contribution in [0.15, 0.2) is 88.4 Å². The molecule has 0 aliphatic carbocycles. The molecule has 0 atom stereocenters. The van der Waals surface area contributed by atoms with Gasteiger partial charge in [0, 0.05) is 5.56 Å². The molecule has 1 aliphatic heterocycles. The second-order valence-corrected chi connectivity index (χ2v) is 8.91. The monoisotopic (exact) mass is 477 g/mol. The molecule has 0 aromatic heterocycles. The first-order chi connectivity index (χ1) is 16.3. The third-order valence-corrected chi connectivity index (χ3v) is 6.24. The lowest BCUT2D eigenvalue weighted by Gasteiger charge is -2.08. The van der Waals surface area contributed by atoms with Crippen molar-refractivity contribution in [3.05, 3.63) is 101 Å². The number of carbonyl (C=O) groups is 2. The fourth-order valence-corrected chi connectivity index (χ4v) is 4.10. The predicted octanol–water partition coefficient (Wildman–Crippen LogP) is 3.89. The number of benzene rings is 3. The van der Waals surface area contributed by atoms with Crippen molar-refractivity contribution in [2.24, 2.45) is 5.16 Å². The lowest BCUT2D eigenvalue weighted by molar-refractivity contribution is -0.136. The minimum absolute atomic E-state index is 0.0528. The van der Waals surface area contributed by atoms with Gasteiger partial charge in [-0.1, -0.05) is 47.1 Å². The van der Waals surface area contributed by atoms with Crippen molar-refractivity contribution in [3.63, 3.8) is 0 Å². The lowest BCUT2D eigenvalue weighted by atomic mass is 9.99. The largest absolute Gasteiger partial charge is 0.465 e. The van der Waals surface area contributed by atoms with Crippen molar-refractivity contribution in [1.29, 1.82) is 0 Å². The molecule has 0 bridgehead atoms. The van der Waals surface area contributed by atoms with Gasteiger partial charge in [-0.25, -0.2) is 9.59 Å². The van der Waals surface area contributed by atoms with Crippen LogP contribution < -0.4 is 4.18 Å². The lowest BCUT2D eigenvalue weighted by Crippen LogP contribution is -2.09. The van der Waals surface area contributed by atoms with Gasteiger partial charge in [0.25, 0.3) is 0 Å². The normalized spacial score (nSPS) is 14.5. The van der Waals surface area contributed by atoms with Gasteiger partial charge >= 0.3 is 22.1 Å². The molecule has 0 unspecified atom stereocenters. The van der Waals surface area contributed by atoms with Crippen LogP contribution in [-0.2, 0) is 24.5 Å². The fourth-order valence-electron chi connectivity index (χ4n) is 3.17. The third-order valence-electron chi connectivity index (χ3n) is 4.98. The quantitative estimate of drug-likeness (QED) is 0.229. The first-order valence-electron chi connectivity index (χ1n) is 10.1. The topological polar surface area (TPSA) is 108 Å². The highest BCUT2D eigenvalue weighted by atomic mass is 32.2. The maximum absolute atomic E-state index is 12.5. The molecule has 0 radical (unpaired) electrons. The molecule has 0 amide bonds. The number of hydrogen-bond donors (Lipinski definition) is 0. The van der Waals surface area contributed by atoms with Crippen LogP contribution in [0.25, 0.3) is 6.08 Å². The van der Waals surface area contributed by atoms with E-state index in [-0.39, 0.29) is 16.2 Å². The number of esters is 1. The Morgan fingerprint density at radius 3 is 2.21 bits per heavy atom. The van der Waals surface area contributed by atoms with Crippen LogP contribution in [0.1, 0.15) is 27.0 Å². The Balaban J connectivity index is 1.54. The highest BCUT2D eigenvalue weighted by molar-refractivity contribution is 7.87. The third kappa shape index (κ3) is 4.89. The molecule has 0 saturated carbocycles. The summed E-state index contributed by atoms with van der Waals surface area (Å²) in [6, 6.07) is 18.9. The molecule has 1 heterocycles. The van der Waals surface area contributed by atoms with Gasteiger partial charge in [0.2, 0.25) is 0 Å². The van der Waals surface area contributed by atoms with E-state index in [2.05, 4.69) is 9.89 Å². The molecular formula is C25H19NO7S. The van der Waals surface area contributed by atoms with E-state index in [1.807, 2.05) is 6.92 Å². The second kappa shape index (κ2) is 9.32. The van der Waals surface area contributed by atoms with Crippen molar-refractivity contribution < 1.29 is 31.8 Å². The smallest absolute Gasteiger partial charge is 0.368 e. The molecule has 4 rings (SSSR count). The van der Waals surface area contributed by atoms with E-state index in [0.717, 1.165) is 5.56 Å².